The van der Waals surface area contributed by atoms with Crippen molar-refractivity contribution in [2.45, 2.75) is 45.3 Å². The molecule has 132 valence electrons. The van der Waals surface area contributed by atoms with Crippen LogP contribution in [0.25, 0.3) is 0 Å². The van der Waals surface area contributed by atoms with Gasteiger partial charge in [0.15, 0.2) is 0 Å². The van der Waals surface area contributed by atoms with Gasteiger partial charge in [0.25, 0.3) is 0 Å². The first kappa shape index (κ1) is 17.4. The predicted molar refractivity (Wildman–Crippen MR) is 95.6 cm³/mol. The lowest BCUT2D eigenvalue weighted by molar-refractivity contribution is -0.150. The van der Waals surface area contributed by atoms with Crippen molar-refractivity contribution in [1.82, 2.24) is 10.2 Å². The van der Waals surface area contributed by atoms with E-state index in [1.54, 1.807) is 0 Å². The van der Waals surface area contributed by atoms with E-state index in [4.69, 9.17) is 4.74 Å². The summed E-state index contributed by atoms with van der Waals surface area (Å²) in [6, 6.07) is 10.6. The van der Waals surface area contributed by atoms with E-state index >= 15 is 0 Å². The van der Waals surface area contributed by atoms with Crippen LogP contribution < -0.4 is 5.32 Å². The molecule has 4 heteroatoms. The predicted octanol–water partition coefficient (Wildman–Crippen LogP) is 2.83. The highest BCUT2D eigenvalue weighted by Crippen LogP contribution is 2.29. The lowest BCUT2D eigenvalue weighted by Crippen LogP contribution is -2.40. The van der Waals surface area contributed by atoms with E-state index in [1.165, 1.54) is 25.7 Å². The maximum absolute atomic E-state index is 12.3. The number of hydrogen-bond donors (Lipinski definition) is 1. The summed E-state index contributed by atoms with van der Waals surface area (Å²) in [5, 5.41) is 3.43. The molecule has 0 spiro atoms. The molecule has 2 fully saturated rings. The average molecular weight is 330 g/mol. The van der Waals surface area contributed by atoms with Crippen LogP contribution in [0.4, 0.5) is 0 Å². The second-order valence-corrected chi connectivity index (χ2v) is 7.37. The normalized spacial score (nSPS) is 20.1. The Kier molecular flexibility index (Phi) is 6.27. The molecule has 1 saturated heterocycles. The summed E-state index contributed by atoms with van der Waals surface area (Å²) in [6.07, 6.45) is 5.10. The molecular weight excluding hydrogens is 300 g/mol. The molecule has 24 heavy (non-hydrogen) atoms. The fourth-order valence-electron chi connectivity index (χ4n) is 3.51. The van der Waals surface area contributed by atoms with Gasteiger partial charge in [0.2, 0.25) is 0 Å². The third-order valence-corrected chi connectivity index (χ3v) is 5.15. The minimum absolute atomic E-state index is 0.0592. The summed E-state index contributed by atoms with van der Waals surface area (Å²) in [4.78, 5) is 14.9. The van der Waals surface area contributed by atoms with Crippen molar-refractivity contribution < 1.29 is 9.53 Å². The Morgan fingerprint density at radius 1 is 1.21 bits per heavy atom. The van der Waals surface area contributed by atoms with Gasteiger partial charge < -0.3 is 10.1 Å². The molecule has 4 nitrogen and oxygen atoms in total. The summed E-state index contributed by atoms with van der Waals surface area (Å²) in [6.45, 7) is 6.63. The first-order valence-electron chi connectivity index (χ1n) is 9.37. The van der Waals surface area contributed by atoms with Crippen LogP contribution in [-0.4, -0.2) is 43.1 Å². The van der Waals surface area contributed by atoms with E-state index in [0.717, 1.165) is 37.7 Å². The fourth-order valence-corrected chi connectivity index (χ4v) is 3.51. The van der Waals surface area contributed by atoms with Crippen LogP contribution in [0.5, 0.6) is 0 Å². The van der Waals surface area contributed by atoms with Gasteiger partial charge in [0.1, 0.15) is 6.61 Å². The second-order valence-electron chi connectivity index (χ2n) is 7.37. The fraction of sp³-hybridized carbons (Fsp3) is 0.650. The number of rotatable bonds is 8. The van der Waals surface area contributed by atoms with Crippen molar-refractivity contribution >= 4 is 5.97 Å². The Balaban J connectivity index is 1.45. The third kappa shape index (κ3) is 5.32. The molecule has 3 rings (SSSR count). The van der Waals surface area contributed by atoms with E-state index in [2.05, 4.69) is 10.2 Å². The number of nitrogens with zero attached hydrogens (tertiary/aromatic N) is 1. The van der Waals surface area contributed by atoms with E-state index in [9.17, 15) is 4.79 Å². The Bertz CT molecular complexity index is 510. The maximum Gasteiger partial charge on any atom is 0.310 e. The minimum atomic E-state index is -0.0742. The molecule has 1 heterocycles. The Morgan fingerprint density at radius 2 is 1.92 bits per heavy atom. The number of nitrogens with one attached hydrogen (secondary N) is 1. The Labute approximate surface area is 145 Å². The number of hydrogen-bond acceptors (Lipinski definition) is 4. The standard InChI is InChI=1S/C20H30N2O2/c1-16(20(23)24-15-18-5-3-2-4-6-18)13-22(19-7-8-19)14-17-9-11-21-12-10-17/h2-6,16-17,19,21H,7-15H2,1H3. The first-order valence-corrected chi connectivity index (χ1v) is 9.37. The number of ether oxygens (including phenoxy) is 1. The number of carbonyl (C=O) groups is 1. The highest BCUT2D eigenvalue weighted by atomic mass is 16.5. The zero-order valence-electron chi connectivity index (χ0n) is 14.7. The Morgan fingerprint density at radius 3 is 2.58 bits per heavy atom. The quantitative estimate of drug-likeness (QED) is 0.744. The molecule has 0 bridgehead atoms. The van der Waals surface area contributed by atoms with Gasteiger partial charge in [-0.1, -0.05) is 37.3 Å². The van der Waals surface area contributed by atoms with Crippen molar-refractivity contribution in [1.29, 1.82) is 0 Å². The van der Waals surface area contributed by atoms with E-state index in [1.807, 2.05) is 37.3 Å². The molecule has 1 unspecified atom stereocenters. The van der Waals surface area contributed by atoms with Gasteiger partial charge in [-0.05, 0) is 50.3 Å². The summed E-state index contributed by atoms with van der Waals surface area (Å²) in [7, 11) is 0. The SMILES string of the molecule is CC(CN(CC1CCNCC1)C1CC1)C(=O)OCc1ccccc1. The van der Waals surface area contributed by atoms with Gasteiger partial charge in [0.05, 0.1) is 5.92 Å². The van der Waals surface area contributed by atoms with Gasteiger partial charge in [-0.2, -0.15) is 0 Å². The van der Waals surface area contributed by atoms with Crippen LogP contribution in [0.2, 0.25) is 0 Å². The number of piperidine rings is 1. The number of esters is 1. The topological polar surface area (TPSA) is 41.6 Å². The number of carbonyl (C=O) groups excluding carboxylic acids is 1. The summed E-state index contributed by atoms with van der Waals surface area (Å²) >= 11 is 0. The highest BCUT2D eigenvalue weighted by Gasteiger charge is 2.33. The van der Waals surface area contributed by atoms with Gasteiger partial charge in [-0.25, -0.2) is 0 Å². The highest BCUT2D eigenvalue weighted by molar-refractivity contribution is 5.72. The van der Waals surface area contributed by atoms with Gasteiger partial charge in [-0.3, -0.25) is 9.69 Å². The van der Waals surface area contributed by atoms with Crippen LogP contribution in [0.3, 0.4) is 0 Å². The van der Waals surface area contributed by atoms with Crippen molar-refractivity contribution in [3.8, 4) is 0 Å². The van der Waals surface area contributed by atoms with Gasteiger partial charge >= 0.3 is 5.97 Å². The summed E-state index contributed by atoms with van der Waals surface area (Å²) in [5.41, 5.74) is 1.05. The van der Waals surface area contributed by atoms with Crippen LogP contribution in [-0.2, 0) is 16.1 Å². The van der Waals surface area contributed by atoms with Crippen molar-refractivity contribution in [2.75, 3.05) is 26.2 Å². The van der Waals surface area contributed by atoms with Crippen LogP contribution in [0.1, 0.15) is 38.2 Å². The lowest BCUT2D eigenvalue weighted by Gasteiger charge is -2.31. The summed E-state index contributed by atoms with van der Waals surface area (Å²) in [5.74, 6) is 0.644. The summed E-state index contributed by atoms with van der Waals surface area (Å²) < 4.78 is 5.51. The smallest absolute Gasteiger partial charge is 0.310 e. The number of benzene rings is 1. The molecule has 1 aliphatic heterocycles. The first-order chi connectivity index (χ1) is 11.7. The molecule has 1 N–H and O–H groups in total. The molecule has 1 atom stereocenters. The molecule has 1 aromatic rings. The third-order valence-electron chi connectivity index (χ3n) is 5.15. The molecule has 1 aliphatic carbocycles. The molecule has 0 aromatic heterocycles. The Hall–Kier alpha value is -1.39. The molecule has 2 aliphatic rings. The van der Waals surface area contributed by atoms with Crippen LogP contribution in [0.15, 0.2) is 30.3 Å². The van der Waals surface area contributed by atoms with Crippen molar-refractivity contribution in [3.05, 3.63) is 35.9 Å². The van der Waals surface area contributed by atoms with E-state index in [-0.39, 0.29) is 11.9 Å². The molecule has 0 radical (unpaired) electrons. The monoisotopic (exact) mass is 330 g/mol. The lowest BCUT2D eigenvalue weighted by atomic mass is 9.97. The second kappa shape index (κ2) is 8.63. The van der Waals surface area contributed by atoms with Gasteiger partial charge in [-0.15, -0.1) is 0 Å². The van der Waals surface area contributed by atoms with E-state index < -0.39 is 0 Å². The van der Waals surface area contributed by atoms with Crippen molar-refractivity contribution in [3.63, 3.8) is 0 Å². The molecule has 1 saturated carbocycles. The zero-order valence-corrected chi connectivity index (χ0v) is 14.7. The van der Waals surface area contributed by atoms with Crippen LogP contribution in [0, 0.1) is 11.8 Å². The average Bonchev–Trinajstić information content (AvgIpc) is 3.46. The zero-order chi connectivity index (χ0) is 16.8. The van der Waals surface area contributed by atoms with Gasteiger partial charge in [0, 0.05) is 19.1 Å². The molecule has 1 aromatic carbocycles. The molecular formula is C20H30N2O2. The largest absolute Gasteiger partial charge is 0.461 e. The van der Waals surface area contributed by atoms with Crippen molar-refractivity contribution in [2.24, 2.45) is 11.8 Å². The maximum atomic E-state index is 12.3. The van der Waals surface area contributed by atoms with Crippen LogP contribution >= 0.6 is 0 Å². The minimum Gasteiger partial charge on any atom is -0.461 e. The van der Waals surface area contributed by atoms with E-state index in [0.29, 0.717) is 12.6 Å². The molecule has 0 amide bonds.